The topological polar surface area (TPSA) is 58.4 Å². The van der Waals surface area contributed by atoms with Crippen LogP contribution < -0.4 is 11.3 Å². The molecule has 4 nitrogen and oxygen atoms in total. The molecule has 0 aromatic carbocycles. The van der Waals surface area contributed by atoms with Gasteiger partial charge < -0.3 is 0 Å². The van der Waals surface area contributed by atoms with Crippen molar-refractivity contribution in [2.45, 2.75) is 82.7 Å². The average molecular weight is 267 g/mol. The number of nitrogens with two attached hydrogens (primary N) is 1. The first kappa shape index (κ1) is 14.8. The van der Waals surface area contributed by atoms with Crippen molar-refractivity contribution in [3.05, 3.63) is 0 Å². The summed E-state index contributed by atoms with van der Waals surface area (Å²) in [5.41, 5.74) is 2.26. The second kappa shape index (κ2) is 7.85. The highest BCUT2D eigenvalue weighted by atomic mass is 16.2. The Morgan fingerprint density at radius 3 is 1.84 bits per heavy atom. The van der Waals surface area contributed by atoms with Gasteiger partial charge in [-0.15, -0.1) is 0 Å². The maximum atomic E-state index is 11.4. The number of rotatable bonds is 5. The smallest absolute Gasteiger partial charge is 0.235 e. The molecule has 2 aliphatic rings. The molecule has 0 aromatic rings. The first-order valence-corrected chi connectivity index (χ1v) is 8.06. The lowest BCUT2D eigenvalue weighted by atomic mass is 9.88. The second-order valence-electron chi connectivity index (χ2n) is 6.14. The molecule has 2 rings (SSSR count). The molecule has 110 valence electrons. The lowest BCUT2D eigenvalue weighted by Gasteiger charge is -2.41. The van der Waals surface area contributed by atoms with Crippen molar-refractivity contribution in [3.63, 3.8) is 0 Å². The zero-order valence-electron chi connectivity index (χ0n) is 12.1. The van der Waals surface area contributed by atoms with Gasteiger partial charge in [-0.25, -0.2) is 5.84 Å². The predicted molar refractivity (Wildman–Crippen MR) is 77.4 cm³/mol. The Balaban J connectivity index is 1.92. The molecule has 0 saturated heterocycles. The van der Waals surface area contributed by atoms with Crippen molar-refractivity contribution < 1.29 is 4.79 Å². The Labute approximate surface area is 117 Å². The standard InChI is InChI=1S/C15H29N3O/c16-17-15(19)11-12-18(13-7-3-1-4-8-13)14-9-5-2-6-10-14/h13-14H,1-12,16H2,(H,17,19). The molecule has 0 bridgehead atoms. The summed E-state index contributed by atoms with van der Waals surface area (Å²) in [6.45, 7) is 0.887. The fraction of sp³-hybridized carbons (Fsp3) is 0.933. The van der Waals surface area contributed by atoms with Gasteiger partial charge in [-0.1, -0.05) is 38.5 Å². The van der Waals surface area contributed by atoms with Crippen molar-refractivity contribution >= 4 is 5.91 Å². The van der Waals surface area contributed by atoms with Crippen LogP contribution in [-0.2, 0) is 4.79 Å². The van der Waals surface area contributed by atoms with E-state index >= 15 is 0 Å². The molecule has 0 radical (unpaired) electrons. The third-order valence-electron chi connectivity index (χ3n) is 4.85. The van der Waals surface area contributed by atoms with E-state index in [0.29, 0.717) is 18.5 Å². The summed E-state index contributed by atoms with van der Waals surface area (Å²) >= 11 is 0. The maximum absolute atomic E-state index is 11.4. The lowest BCUT2D eigenvalue weighted by Crippen LogP contribution is -2.47. The first-order chi connectivity index (χ1) is 9.31. The van der Waals surface area contributed by atoms with Gasteiger partial charge in [0.1, 0.15) is 0 Å². The van der Waals surface area contributed by atoms with Gasteiger partial charge in [0.25, 0.3) is 0 Å². The van der Waals surface area contributed by atoms with Gasteiger partial charge in [-0.2, -0.15) is 0 Å². The molecule has 0 unspecified atom stereocenters. The van der Waals surface area contributed by atoms with Crippen LogP contribution in [0.25, 0.3) is 0 Å². The Bertz CT molecular complexity index is 253. The summed E-state index contributed by atoms with van der Waals surface area (Å²) in [7, 11) is 0. The number of nitrogens with zero attached hydrogens (tertiary/aromatic N) is 1. The van der Waals surface area contributed by atoms with E-state index in [1.165, 1.54) is 64.2 Å². The highest BCUT2D eigenvalue weighted by molar-refractivity contribution is 5.75. The quantitative estimate of drug-likeness (QED) is 0.456. The monoisotopic (exact) mass is 267 g/mol. The molecule has 2 fully saturated rings. The highest BCUT2D eigenvalue weighted by Crippen LogP contribution is 2.30. The molecule has 3 N–H and O–H groups in total. The van der Waals surface area contributed by atoms with Crippen LogP contribution in [0.4, 0.5) is 0 Å². The Kier molecular flexibility index (Phi) is 6.11. The molecule has 0 heterocycles. The van der Waals surface area contributed by atoms with E-state index < -0.39 is 0 Å². The van der Waals surface area contributed by atoms with Crippen molar-refractivity contribution in [1.29, 1.82) is 0 Å². The summed E-state index contributed by atoms with van der Waals surface area (Å²) in [5, 5.41) is 0. The van der Waals surface area contributed by atoms with Crippen molar-refractivity contribution in [2.24, 2.45) is 5.84 Å². The van der Waals surface area contributed by atoms with E-state index in [2.05, 4.69) is 10.3 Å². The molecule has 0 atom stereocenters. The average Bonchev–Trinajstić information content (AvgIpc) is 2.49. The lowest BCUT2D eigenvalue weighted by molar-refractivity contribution is -0.121. The normalized spacial score (nSPS) is 22.6. The predicted octanol–water partition coefficient (Wildman–Crippen LogP) is 2.33. The first-order valence-electron chi connectivity index (χ1n) is 8.06. The molecular formula is C15H29N3O. The molecule has 19 heavy (non-hydrogen) atoms. The largest absolute Gasteiger partial charge is 0.297 e. The minimum atomic E-state index is -0.0309. The molecule has 4 heteroatoms. The van der Waals surface area contributed by atoms with Crippen molar-refractivity contribution in [3.8, 4) is 0 Å². The van der Waals surface area contributed by atoms with Crippen molar-refractivity contribution in [2.75, 3.05) is 6.54 Å². The molecule has 0 aromatic heterocycles. The van der Waals surface area contributed by atoms with E-state index in [4.69, 9.17) is 5.84 Å². The van der Waals surface area contributed by atoms with Crippen LogP contribution in [0.1, 0.15) is 70.6 Å². The minimum Gasteiger partial charge on any atom is -0.297 e. The molecule has 0 spiro atoms. The van der Waals surface area contributed by atoms with E-state index in [-0.39, 0.29) is 5.91 Å². The van der Waals surface area contributed by atoms with Gasteiger partial charge in [-0.05, 0) is 25.7 Å². The number of hydrazine groups is 1. The third kappa shape index (κ3) is 4.46. The maximum Gasteiger partial charge on any atom is 0.235 e. The highest BCUT2D eigenvalue weighted by Gasteiger charge is 2.28. The van der Waals surface area contributed by atoms with Crippen LogP contribution in [0.5, 0.6) is 0 Å². The summed E-state index contributed by atoms with van der Waals surface area (Å²) < 4.78 is 0. The van der Waals surface area contributed by atoms with Gasteiger partial charge in [0.15, 0.2) is 0 Å². The molecule has 1 amide bonds. The van der Waals surface area contributed by atoms with Crippen LogP contribution in [0, 0.1) is 0 Å². The number of carbonyl (C=O) groups excluding carboxylic acids is 1. The fourth-order valence-electron chi connectivity index (χ4n) is 3.79. The van der Waals surface area contributed by atoms with Gasteiger partial charge in [-0.3, -0.25) is 15.1 Å². The number of hydrogen-bond acceptors (Lipinski definition) is 3. The summed E-state index contributed by atoms with van der Waals surface area (Å²) in [5.74, 6) is 5.17. The van der Waals surface area contributed by atoms with E-state index in [9.17, 15) is 4.79 Å². The van der Waals surface area contributed by atoms with E-state index in [1.807, 2.05) is 0 Å². The minimum absolute atomic E-state index is 0.0309. The Hall–Kier alpha value is -0.610. The number of amides is 1. The fourth-order valence-corrected chi connectivity index (χ4v) is 3.79. The third-order valence-corrected chi connectivity index (χ3v) is 4.85. The molecular weight excluding hydrogens is 238 g/mol. The molecule has 0 aliphatic heterocycles. The van der Waals surface area contributed by atoms with Crippen LogP contribution >= 0.6 is 0 Å². The van der Waals surface area contributed by atoms with Crippen LogP contribution in [-0.4, -0.2) is 29.4 Å². The summed E-state index contributed by atoms with van der Waals surface area (Å²) in [6, 6.07) is 1.42. The van der Waals surface area contributed by atoms with Gasteiger partial charge >= 0.3 is 0 Å². The Morgan fingerprint density at radius 1 is 0.947 bits per heavy atom. The molecule has 2 saturated carbocycles. The molecule has 2 aliphatic carbocycles. The number of nitrogens with one attached hydrogen (secondary N) is 1. The zero-order valence-corrected chi connectivity index (χ0v) is 12.1. The van der Waals surface area contributed by atoms with Crippen LogP contribution in [0.2, 0.25) is 0 Å². The summed E-state index contributed by atoms with van der Waals surface area (Å²) in [4.78, 5) is 14.1. The zero-order chi connectivity index (χ0) is 13.5. The van der Waals surface area contributed by atoms with Crippen LogP contribution in [0.3, 0.4) is 0 Å². The van der Waals surface area contributed by atoms with Crippen molar-refractivity contribution in [1.82, 2.24) is 10.3 Å². The number of carbonyl (C=O) groups is 1. The SMILES string of the molecule is NNC(=O)CCN(C1CCCCC1)C1CCCCC1. The van der Waals surface area contributed by atoms with Gasteiger partial charge in [0.2, 0.25) is 5.91 Å². The summed E-state index contributed by atoms with van der Waals surface area (Å²) in [6.07, 6.45) is 14.0. The van der Waals surface area contributed by atoms with Gasteiger partial charge in [0.05, 0.1) is 0 Å². The van der Waals surface area contributed by atoms with E-state index in [1.54, 1.807) is 0 Å². The Morgan fingerprint density at radius 2 is 1.42 bits per heavy atom. The second-order valence-corrected chi connectivity index (χ2v) is 6.14. The van der Waals surface area contributed by atoms with Gasteiger partial charge in [0, 0.05) is 25.0 Å². The van der Waals surface area contributed by atoms with Crippen LogP contribution in [0.15, 0.2) is 0 Å². The van der Waals surface area contributed by atoms with E-state index in [0.717, 1.165) is 6.54 Å². The number of hydrogen-bond donors (Lipinski definition) is 2.